The Morgan fingerprint density at radius 1 is 1.06 bits per heavy atom. The van der Waals surface area contributed by atoms with Gasteiger partial charge in [0.15, 0.2) is 0 Å². The lowest BCUT2D eigenvalue weighted by molar-refractivity contribution is 0.415. The predicted molar refractivity (Wildman–Crippen MR) is 71.9 cm³/mol. The molecule has 3 nitrogen and oxygen atoms in total. The van der Waals surface area contributed by atoms with E-state index < -0.39 is 0 Å². The van der Waals surface area contributed by atoms with Crippen LogP contribution in [0, 0.1) is 6.92 Å². The van der Waals surface area contributed by atoms with E-state index in [0.29, 0.717) is 5.69 Å². The Morgan fingerprint density at radius 3 is 2.47 bits per heavy atom. The number of nitrogens with two attached hydrogens (primary N) is 1. The maximum atomic E-state index is 5.95. The summed E-state index contributed by atoms with van der Waals surface area (Å²) < 4.78 is 5.12. The van der Waals surface area contributed by atoms with Gasteiger partial charge in [0.2, 0.25) is 0 Å². The summed E-state index contributed by atoms with van der Waals surface area (Å²) in [6, 6.07) is 13.7. The highest BCUT2D eigenvalue weighted by Gasteiger charge is 2.03. The second kappa shape index (κ2) is 4.78. The van der Waals surface area contributed by atoms with Gasteiger partial charge in [-0.1, -0.05) is 18.2 Å². The van der Waals surface area contributed by atoms with E-state index in [9.17, 15) is 0 Å². The Bertz CT molecular complexity index is 523. The predicted octanol–water partition coefficient (Wildman–Crippen LogP) is 3.33. The highest BCUT2D eigenvalue weighted by Crippen LogP contribution is 2.28. The van der Waals surface area contributed by atoms with Crippen molar-refractivity contribution in [3.05, 3.63) is 48.0 Å². The van der Waals surface area contributed by atoms with Gasteiger partial charge in [-0.25, -0.2) is 0 Å². The smallest absolute Gasteiger partial charge is 0.121 e. The number of rotatable bonds is 3. The lowest BCUT2D eigenvalue weighted by Gasteiger charge is -2.12. The lowest BCUT2D eigenvalue weighted by atomic mass is 10.2. The first-order chi connectivity index (χ1) is 8.20. The van der Waals surface area contributed by atoms with Crippen LogP contribution in [0.25, 0.3) is 0 Å². The molecule has 2 aromatic carbocycles. The lowest BCUT2D eigenvalue weighted by Crippen LogP contribution is -1.98. The molecule has 0 spiro atoms. The molecule has 3 heteroatoms. The second-order valence-corrected chi connectivity index (χ2v) is 3.89. The minimum Gasteiger partial charge on any atom is -0.497 e. The normalized spacial score (nSPS) is 10.0. The van der Waals surface area contributed by atoms with Gasteiger partial charge < -0.3 is 15.8 Å². The molecular weight excluding hydrogens is 212 g/mol. The molecule has 0 fully saturated rings. The average molecular weight is 228 g/mol. The zero-order chi connectivity index (χ0) is 12.3. The van der Waals surface area contributed by atoms with Crippen LogP contribution in [0.2, 0.25) is 0 Å². The van der Waals surface area contributed by atoms with Crippen LogP contribution in [-0.4, -0.2) is 7.11 Å². The maximum Gasteiger partial charge on any atom is 0.121 e. The molecule has 0 heterocycles. The molecule has 0 atom stereocenters. The van der Waals surface area contributed by atoms with Crippen molar-refractivity contribution >= 4 is 17.1 Å². The molecule has 0 amide bonds. The first kappa shape index (κ1) is 11.3. The van der Waals surface area contributed by atoms with Gasteiger partial charge in [-0.05, 0) is 30.7 Å². The summed E-state index contributed by atoms with van der Waals surface area (Å²) in [6.07, 6.45) is 0. The molecule has 2 rings (SSSR count). The van der Waals surface area contributed by atoms with Gasteiger partial charge in [-0.2, -0.15) is 0 Å². The summed E-state index contributed by atoms with van der Waals surface area (Å²) >= 11 is 0. The molecule has 0 aromatic heterocycles. The zero-order valence-corrected chi connectivity index (χ0v) is 10.0. The molecule has 0 aliphatic carbocycles. The van der Waals surface area contributed by atoms with E-state index in [0.717, 1.165) is 17.1 Å². The van der Waals surface area contributed by atoms with E-state index in [1.165, 1.54) is 5.56 Å². The SMILES string of the molecule is COc1ccc(Nc2ccccc2C)c(N)c1. The number of para-hydroxylation sites is 1. The van der Waals surface area contributed by atoms with Crippen LogP contribution in [0.4, 0.5) is 17.1 Å². The Balaban J connectivity index is 2.28. The van der Waals surface area contributed by atoms with E-state index in [4.69, 9.17) is 10.5 Å². The third-order valence-electron chi connectivity index (χ3n) is 2.67. The summed E-state index contributed by atoms with van der Waals surface area (Å²) in [5.74, 6) is 0.762. The van der Waals surface area contributed by atoms with Crippen LogP contribution < -0.4 is 15.8 Å². The fourth-order valence-corrected chi connectivity index (χ4v) is 1.64. The van der Waals surface area contributed by atoms with Crippen LogP contribution in [0.1, 0.15) is 5.56 Å². The van der Waals surface area contributed by atoms with Gasteiger partial charge in [0, 0.05) is 11.8 Å². The molecule has 0 unspecified atom stereocenters. The maximum absolute atomic E-state index is 5.95. The number of anilines is 3. The van der Waals surface area contributed by atoms with Crippen LogP contribution in [-0.2, 0) is 0 Å². The molecule has 0 aliphatic heterocycles. The van der Waals surface area contributed by atoms with Crippen molar-refractivity contribution in [2.45, 2.75) is 6.92 Å². The van der Waals surface area contributed by atoms with Gasteiger partial charge in [0.1, 0.15) is 5.75 Å². The number of methoxy groups -OCH3 is 1. The first-order valence-corrected chi connectivity index (χ1v) is 5.47. The summed E-state index contributed by atoms with van der Waals surface area (Å²) in [5.41, 5.74) is 9.76. The minimum atomic E-state index is 0.674. The van der Waals surface area contributed by atoms with Crippen molar-refractivity contribution in [2.75, 3.05) is 18.2 Å². The van der Waals surface area contributed by atoms with Gasteiger partial charge in [-0.3, -0.25) is 0 Å². The molecule has 0 saturated heterocycles. The van der Waals surface area contributed by atoms with E-state index in [1.807, 2.05) is 30.3 Å². The molecular formula is C14H16N2O. The quantitative estimate of drug-likeness (QED) is 0.792. The zero-order valence-electron chi connectivity index (χ0n) is 10.0. The third kappa shape index (κ3) is 2.50. The number of ether oxygens (including phenoxy) is 1. The molecule has 0 aliphatic rings. The molecule has 17 heavy (non-hydrogen) atoms. The summed E-state index contributed by atoms with van der Waals surface area (Å²) in [7, 11) is 1.63. The Kier molecular flexibility index (Phi) is 3.19. The highest BCUT2D eigenvalue weighted by atomic mass is 16.5. The van der Waals surface area contributed by atoms with Crippen molar-refractivity contribution in [1.29, 1.82) is 0 Å². The van der Waals surface area contributed by atoms with Crippen molar-refractivity contribution in [3.63, 3.8) is 0 Å². The molecule has 0 radical (unpaired) electrons. The number of benzene rings is 2. The topological polar surface area (TPSA) is 47.3 Å². The number of hydrogen-bond acceptors (Lipinski definition) is 3. The monoisotopic (exact) mass is 228 g/mol. The standard InChI is InChI=1S/C14H16N2O/c1-10-5-3-4-6-13(10)16-14-8-7-11(17-2)9-12(14)15/h3-9,16H,15H2,1-2H3. The Morgan fingerprint density at radius 2 is 1.82 bits per heavy atom. The molecule has 0 bridgehead atoms. The van der Waals surface area contributed by atoms with E-state index in [-0.39, 0.29) is 0 Å². The number of nitrogens with one attached hydrogen (secondary N) is 1. The Hall–Kier alpha value is -2.16. The number of aryl methyl sites for hydroxylation is 1. The second-order valence-electron chi connectivity index (χ2n) is 3.89. The van der Waals surface area contributed by atoms with Gasteiger partial charge in [-0.15, -0.1) is 0 Å². The van der Waals surface area contributed by atoms with Crippen molar-refractivity contribution in [2.24, 2.45) is 0 Å². The largest absolute Gasteiger partial charge is 0.497 e. The van der Waals surface area contributed by atoms with Gasteiger partial charge >= 0.3 is 0 Å². The molecule has 88 valence electrons. The van der Waals surface area contributed by atoms with Crippen LogP contribution >= 0.6 is 0 Å². The average Bonchev–Trinajstić information content (AvgIpc) is 2.34. The number of nitrogen functional groups attached to an aromatic ring is 1. The van der Waals surface area contributed by atoms with E-state index >= 15 is 0 Å². The highest BCUT2D eigenvalue weighted by molar-refractivity contribution is 5.74. The summed E-state index contributed by atoms with van der Waals surface area (Å²) in [5, 5.41) is 3.31. The van der Waals surface area contributed by atoms with Crippen LogP contribution in [0.3, 0.4) is 0 Å². The van der Waals surface area contributed by atoms with Gasteiger partial charge in [0.25, 0.3) is 0 Å². The summed E-state index contributed by atoms with van der Waals surface area (Å²) in [4.78, 5) is 0. The minimum absolute atomic E-state index is 0.674. The van der Waals surface area contributed by atoms with Crippen molar-refractivity contribution in [3.8, 4) is 5.75 Å². The van der Waals surface area contributed by atoms with Crippen LogP contribution in [0.5, 0.6) is 5.75 Å². The fraction of sp³-hybridized carbons (Fsp3) is 0.143. The number of hydrogen-bond donors (Lipinski definition) is 2. The van der Waals surface area contributed by atoms with Gasteiger partial charge in [0.05, 0.1) is 18.5 Å². The summed E-state index contributed by atoms with van der Waals surface area (Å²) in [6.45, 7) is 2.06. The van der Waals surface area contributed by atoms with Crippen molar-refractivity contribution < 1.29 is 4.74 Å². The van der Waals surface area contributed by atoms with E-state index in [2.05, 4.69) is 18.3 Å². The molecule has 0 saturated carbocycles. The third-order valence-corrected chi connectivity index (χ3v) is 2.67. The van der Waals surface area contributed by atoms with Crippen molar-refractivity contribution in [1.82, 2.24) is 0 Å². The fourth-order valence-electron chi connectivity index (χ4n) is 1.64. The molecule has 3 N–H and O–H groups in total. The van der Waals surface area contributed by atoms with Crippen LogP contribution in [0.15, 0.2) is 42.5 Å². The first-order valence-electron chi connectivity index (χ1n) is 5.47. The van der Waals surface area contributed by atoms with E-state index in [1.54, 1.807) is 13.2 Å². The Labute approximate surface area is 101 Å². The molecule has 2 aromatic rings.